The number of hydrogen-bond acceptors (Lipinski definition) is 12. The van der Waals surface area contributed by atoms with E-state index < -0.39 is 0 Å². The van der Waals surface area contributed by atoms with Crippen LogP contribution in [-0.2, 0) is 29.3 Å². The number of phenols is 1. The van der Waals surface area contributed by atoms with Crippen LogP contribution in [0, 0.1) is 0 Å². The van der Waals surface area contributed by atoms with Crippen molar-refractivity contribution in [3.05, 3.63) is 168 Å². The molecular weight excluding hydrogens is 797 g/mol. The number of nitrogens with two attached hydrogens (primary N) is 2. The van der Waals surface area contributed by atoms with E-state index in [2.05, 4.69) is 29.1 Å². The van der Waals surface area contributed by atoms with Crippen molar-refractivity contribution in [2.75, 3.05) is 11.5 Å². The molecule has 0 amide bonds. The van der Waals surface area contributed by atoms with Gasteiger partial charge in [-0.2, -0.15) is 0 Å². The van der Waals surface area contributed by atoms with Crippen LogP contribution in [0.4, 0.5) is 11.6 Å². The molecule has 0 aliphatic carbocycles. The predicted molar refractivity (Wildman–Crippen MR) is 238 cm³/mol. The van der Waals surface area contributed by atoms with E-state index >= 15 is 0 Å². The van der Waals surface area contributed by atoms with Crippen LogP contribution < -0.4 is 25.7 Å². The number of nitrogen functional groups attached to an aromatic ring is 2. The van der Waals surface area contributed by atoms with E-state index in [0.29, 0.717) is 48.7 Å². The normalized spacial score (nSPS) is 15.1. The van der Waals surface area contributed by atoms with Crippen LogP contribution in [0.1, 0.15) is 54.1 Å². The summed E-state index contributed by atoms with van der Waals surface area (Å²) in [4.78, 5) is 17.3. The van der Waals surface area contributed by atoms with E-state index in [9.17, 15) is 5.11 Å². The number of benzene rings is 5. The van der Waals surface area contributed by atoms with E-state index in [4.69, 9.17) is 35.2 Å². The third-order valence-corrected chi connectivity index (χ3v) is 11.1. The van der Waals surface area contributed by atoms with Gasteiger partial charge in [0.2, 0.25) is 0 Å². The molecule has 314 valence electrons. The van der Waals surface area contributed by atoms with Crippen molar-refractivity contribution in [1.29, 1.82) is 0 Å². The average Bonchev–Trinajstić information content (AvgIpc) is 4.05. The summed E-state index contributed by atoms with van der Waals surface area (Å²) in [6.07, 6.45) is 2.91. The van der Waals surface area contributed by atoms with Crippen molar-refractivity contribution < 1.29 is 28.8 Å². The van der Waals surface area contributed by atoms with Gasteiger partial charge in [0.05, 0.1) is 36.8 Å². The molecule has 0 fully saturated rings. The van der Waals surface area contributed by atoms with Crippen LogP contribution in [0.5, 0.6) is 34.5 Å². The molecule has 14 heteroatoms. The first-order valence-electron chi connectivity index (χ1n) is 20.4. The van der Waals surface area contributed by atoms with Crippen molar-refractivity contribution in [1.82, 2.24) is 29.1 Å². The molecule has 0 bridgehead atoms. The SMILES string of the molecule is CC1OCc2c1c1ncnc(N)c1n2-c1ccc(Oc2cccc(O)c2)cc1.CC1OCc2c1c1ncnc(N)c1n2-c1ccc(Oc2cccc(OCc3ccccc3)c2)cc1. The smallest absolute Gasteiger partial charge is 0.151 e. The summed E-state index contributed by atoms with van der Waals surface area (Å²) in [5.74, 6) is 4.45. The number of fused-ring (bicyclic) bond motifs is 6. The number of aromatic hydroxyl groups is 1. The summed E-state index contributed by atoms with van der Waals surface area (Å²) < 4.78 is 33.7. The molecule has 2 aliphatic rings. The molecule has 2 unspecified atom stereocenters. The number of anilines is 2. The summed E-state index contributed by atoms with van der Waals surface area (Å²) in [7, 11) is 0. The van der Waals surface area contributed by atoms with Crippen molar-refractivity contribution in [3.63, 3.8) is 0 Å². The zero-order chi connectivity index (χ0) is 43.0. The number of nitrogens with zero attached hydrogens (tertiary/aromatic N) is 6. The lowest BCUT2D eigenvalue weighted by molar-refractivity contribution is 0.0781. The van der Waals surface area contributed by atoms with Crippen LogP contribution in [0.3, 0.4) is 0 Å². The maximum absolute atomic E-state index is 9.58. The van der Waals surface area contributed by atoms with Crippen LogP contribution in [0.25, 0.3) is 33.4 Å². The summed E-state index contributed by atoms with van der Waals surface area (Å²) >= 11 is 0. The third-order valence-electron chi connectivity index (χ3n) is 11.1. The Morgan fingerprint density at radius 1 is 0.571 bits per heavy atom. The van der Waals surface area contributed by atoms with Gasteiger partial charge in [-0.05, 0) is 92.2 Å². The molecule has 0 radical (unpaired) electrons. The molecule has 11 rings (SSSR count). The molecule has 9 aromatic rings. The number of hydrogen-bond donors (Lipinski definition) is 3. The minimum Gasteiger partial charge on any atom is -0.508 e. The first-order valence-corrected chi connectivity index (χ1v) is 20.4. The molecule has 5 N–H and O–H groups in total. The van der Waals surface area contributed by atoms with E-state index in [0.717, 1.165) is 73.0 Å². The molecule has 0 spiro atoms. The lowest BCUT2D eigenvalue weighted by Gasteiger charge is -2.12. The van der Waals surface area contributed by atoms with Crippen LogP contribution in [0.2, 0.25) is 0 Å². The molecule has 5 aromatic carbocycles. The van der Waals surface area contributed by atoms with E-state index in [-0.39, 0.29) is 18.0 Å². The van der Waals surface area contributed by atoms with Gasteiger partial charge in [0, 0.05) is 34.6 Å². The van der Waals surface area contributed by atoms with Crippen molar-refractivity contribution >= 4 is 33.7 Å². The predicted octanol–water partition coefficient (Wildman–Crippen LogP) is 10.1. The lowest BCUT2D eigenvalue weighted by atomic mass is 10.1. The maximum Gasteiger partial charge on any atom is 0.151 e. The Bertz CT molecular complexity index is 3100. The molecular formula is C49H42N8O6. The van der Waals surface area contributed by atoms with Gasteiger partial charge in [-0.1, -0.05) is 42.5 Å². The van der Waals surface area contributed by atoms with Gasteiger partial charge in [0.15, 0.2) is 11.6 Å². The molecule has 0 saturated carbocycles. The Labute approximate surface area is 361 Å². The van der Waals surface area contributed by atoms with Crippen molar-refractivity contribution in [2.24, 2.45) is 0 Å². The van der Waals surface area contributed by atoms with Crippen molar-refractivity contribution in [2.45, 2.75) is 45.9 Å². The van der Waals surface area contributed by atoms with Gasteiger partial charge in [-0.25, -0.2) is 19.9 Å². The first-order chi connectivity index (χ1) is 30.8. The Kier molecular flexibility index (Phi) is 10.3. The number of phenolic OH excluding ortho intramolecular Hbond substituents is 1. The number of rotatable bonds is 9. The fourth-order valence-corrected chi connectivity index (χ4v) is 8.20. The molecule has 2 aliphatic heterocycles. The standard InChI is InChI=1S/C28H24N4O3.C21H18N4O3/c1-18-25-24(16-33-18)32(27-26(25)30-17-31-28(27)29)20-10-12-21(13-11-20)35-23-9-5-8-22(14-23)34-15-19-6-3-2-4-7-19;1-12-18-17(10-27-12)25(20-19(18)23-11-24-21(20)22)13-5-7-15(8-6-13)28-16-4-2-3-14(26)9-16/h2-14,17-18H,15-16H2,1H3,(H2,29,30,31);2-9,11-12,26H,10H2,1H3,(H2,22,23,24). The van der Waals surface area contributed by atoms with Gasteiger partial charge in [-0.3, -0.25) is 0 Å². The Hall–Kier alpha value is -7.94. The van der Waals surface area contributed by atoms with E-state index in [1.165, 1.54) is 12.7 Å². The summed E-state index contributed by atoms with van der Waals surface area (Å²) in [6.45, 7) is 5.54. The second-order valence-corrected chi connectivity index (χ2v) is 15.1. The van der Waals surface area contributed by atoms with Gasteiger partial charge in [0.1, 0.15) is 75.8 Å². The van der Waals surface area contributed by atoms with Gasteiger partial charge < -0.3 is 49.4 Å². The second kappa shape index (κ2) is 16.5. The second-order valence-electron chi connectivity index (χ2n) is 15.1. The average molecular weight is 839 g/mol. The fraction of sp³-hybridized carbons (Fsp3) is 0.143. The van der Waals surface area contributed by atoms with Gasteiger partial charge in [0.25, 0.3) is 0 Å². The summed E-state index contributed by atoms with van der Waals surface area (Å²) in [5.41, 5.74) is 22.9. The molecule has 6 heterocycles. The van der Waals surface area contributed by atoms with Crippen LogP contribution >= 0.6 is 0 Å². The molecule has 2 atom stereocenters. The lowest BCUT2D eigenvalue weighted by Crippen LogP contribution is -2.03. The van der Waals surface area contributed by atoms with E-state index in [1.807, 2.05) is 117 Å². The van der Waals surface area contributed by atoms with Crippen molar-refractivity contribution in [3.8, 4) is 45.9 Å². The summed E-state index contributed by atoms with van der Waals surface area (Å²) in [6, 6.07) is 39.9. The Morgan fingerprint density at radius 2 is 1.06 bits per heavy atom. The first kappa shape index (κ1) is 39.2. The topological polar surface area (TPSA) is 180 Å². The van der Waals surface area contributed by atoms with Gasteiger partial charge >= 0.3 is 0 Å². The van der Waals surface area contributed by atoms with Crippen LogP contribution in [-0.4, -0.2) is 34.2 Å². The highest BCUT2D eigenvalue weighted by molar-refractivity contribution is 5.92. The highest BCUT2D eigenvalue weighted by Gasteiger charge is 2.32. The molecule has 63 heavy (non-hydrogen) atoms. The fourth-order valence-electron chi connectivity index (χ4n) is 8.20. The number of aromatic nitrogens is 6. The molecule has 0 saturated heterocycles. The zero-order valence-corrected chi connectivity index (χ0v) is 34.4. The zero-order valence-electron chi connectivity index (χ0n) is 34.4. The van der Waals surface area contributed by atoms with Gasteiger partial charge in [-0.15, -0.1) is 0 Å². The third kappa shape index (κ3) is 7.58. The largest absolute Gasteiger partial charge is 0.508 e. The summed E-state index contributed by atoms with van der Waals surface area (Å²) in [5, 5.41) is 9.58. The van der Waals surface area contributed by atoms with E-state index in [1.54, 1.807) is 24.3 Å². The Morgan fingerprint density at radius 3 is 1.59 bits per heavy atom. The van der Waals surface area contributed by atoms with Crippen LogP contribution in [0.15, 0.2) is 140 Å². The Balaban J connectivity index is 0.000000153. The minimum absolute atomic E-state index is 0.0398. The molecule has 14 nitrogen and oxygen atoms in total. The quantitative estimate of drug-likeness (QED) is 0.125. The highest BCUT2D eigenvalue weighted by atomic mass is 16.5. The molecule has 4 aromatic heterocycles. The monoisotopic (exact) mass is 838 g/mol. The number of ether oxygens (including phenoxy) is 5. The maximum atomic E-state index is 9.58. The highest BCUT2D eigenvalue weighted by Crippen LogP contribution is 2.42. The minimum atomic E-state index is -0.0404.